The molecule has 1 aliphatic carbocycles. The van der Waals surface area contributed by atoms with Gasteiger partial charge in [0.2, 0.25) is 5.70 Å². The molecule has 1 unspecified atom stereocenters. The number of aliphatic imine (C=N–C) groups is 2. The largest absolute Gasteiger partial charge is 0.289 e. The number of nitrogens with two attached hydrogens (primary N) is 1. The predicted molar refractivity (Wildman–Crippen MR) is 114 cm³/mol. The molecule has 0 bridgehead atoms. The molecule has 0 radical (unpaired) electrons. The maximum atomic E-state index is 12.8. The number of amidine groups is 1. The zero-order valence-corrected chi connectivity index (χ0v) is 16.0. The fraction of sp³-hybridized carbons (Fsp3) is 0. The molecule has 0 aromatic heterocycles. The van der Waals surface area contributed by atoms with Gasteiger partial charge in [-0.15, -0.1) is 4.59 Å². The van der Waals surface area contributed by atoms with Crippen molar-refractivity contribution in [3.05, 3.63) is 118 Å². The first-order valence-electron chi connectivity index (χ1n) is 9.09. The van der Waals surface area contributed by atoms with E-state index < -0.39 is 0 Å². The monoisotopic (exact) mass is 399 g/mol. The van der Waals surface area contributed by atoms with Gasteiger partial charge in [0.25, 0.3) is 5.84 Å². The molecule has 2 aromatic rings. The van der Waals surface area contributed by atoms with Gasteiger partial charge >= 0.3 is 0 Å². The summed E-state index contributed by atoms with van der Waals surface area (Å²) in [7, 11) is 0. The van der Waals surface area contributed by atoms with Crippen molar-refractivity contribution in [3.63, 3.8) is 0 Å². The lowest BCUT2D eigenvalue weighted by Crippen LogP contribution is -2.53. The highest BCUT2D eigenvalue weighted by Crippen LogP contribution is 2.36. The van der Waals surface area contributed by atoms with Crippen LogP contribution in [0, 0.1) is 0 Å². The van der Waals surface area contributed by atoms with E-state index in [1.165, 1.54) is 0 Å². The molecule has 0 fully saturated rings. The van der Waals surface area contributed by atoms with E-state index in [4.69, 9.17) is 22.4 Å². The van der Waals surface area contributed by atoms with Crippen LogP contribution < -0.4 is 5.84 Å². The minimum Gasteiger partial charge on any atom is -0.289 e. The number of benzene rings is 2. The second-order valence-electron chi connectivity index (χ2n) is 6.89. The molecule has 2 heterocycles. The number of fused-ring (bicyclic) bond motifs is 1. The van der Waals surface area contributed by atoms with Crippen molar-refractivity contribution in [3.8, 4) is 0 Å². The lowest BCUT2D eigenvalue weighted by Gasteiger charge is -2.26. The third-order valence-electron chi connectivity index (χ3n) is 5.13. The van der Waals surface area contributed by atoms with Gasteiger partial charge in [0.05, 0.1) is 23.0 Å². The van der Waals surface area contributed by atoms with Crippen LogP contribution >= 0.6 is 11.6 Å². The summed E-state index contributed by atoms with van der Waals surface area (Å²) >= 11 is 6.51. The number of halogens is 1. The van der Waals surface area contributed by atoms with Crippen molar-refractivity contribution in [2.24, 2.45) is 15.8 Å². The van der Waals surface area contributed by atoms with Gasteiger partial charge in [-0.25, -0.2) is 0 Å². The molecule has 0 saturated heterocycles. The lowest BCUT2D eigenvalue weighted by atomic mass is 10.0. The summed E-state index contributed by atoms with van der Waals surface area (Å²) < 4.78 is -0.0910. The van der Waals surface area contributed by atoms with Gasteiger partial charge in [0.15, 0.2) is 5.78 Å². The van der Waals surface area contributed by atoms with E-state index in [1.807, 2.05) is 42.5 Å². The Labute approximate surface area is 172 Å². The van der Waals surface area contributed by atoms with Crippen molar-refractivity contribution in [1.82, 2.24) is 0 Å². The molecule has 0 saturated carbocycles. The molecule has 29 heavy (non-hydrogen) atoms. The van der Waals surface area contributed by atoms with Gasteiger partial charge < -0.3 is 0 Å². The second-order valence-corrected chi connectivity index (χ2v) is 7.30. The van der Waals surface area contributed by atoms with Crippen LogP contribution in [0.2, 0.25) is 5.02 Å². The van der Waals surface area contributed by atoms with Crippen molar-refractivity contribution < 1.29 is 9.39 Å². The second kappa shape index (κ2) is 6.60. The minimum absolute atomic E-state index is 0.0910. The van der Waals surface area contributed by atoms with E-state index in [0.29, 0.717) is 22.0 Å². The summed E-state index contributed by atoms with van der Waals surface area (Å²) in [6.45, 7) is 0. The summed E-state index contributed by atoms with van der Waals surface area (Å²) in [4.78, 5) is 21.8. The Morgan fingerprint density at radius 3 is 2.59 bits per heavy atom. The number of nitrogens with zero attached hydrogens (tertiary/aromatic N) is 3. The Kier molecular flexibility index (Phi) is 4.03. The Hall–Kier alpha value is -3.38. The van der Waals surface area contributed by atoms with E-state index in [2.05, 4.69) is 4.99 Å². The molecule has 2 N–H and O–H groups in total. The normalized spacial score (nSPS) is 21.6. The Morgan fingerprint density at radius 1 is 1.10 bits per heavy atom. The molecule has 2 aliphatic heterocycles. The molecule has 1 atom stereocenters. The SMILES string of the molecule is N[N+]12C=CN=CC1=C(C1=CC=C1)N=C2c1ccc(C(=O)c2ccccc2)c(Cl)c1. The maximum absolute atomic E-state index is 12.8. The fourth-order valence-electron chi connectivity index (χ4n) is 3.52. The van der Waals surface area contributed by atoms with Gasteiger partial charge in [0.1, 0.15) is 11.9 Å². The van der Waals surface area contributed by atoms with Gasteiger partial charge in [-0.2, -0.15) is 10.8 Å². The average molecular weight is 400 g/mol. The number of ketones is 1. The first kappa shape index (κ1) is 17.7. The van der Waals surface area contributed by atoms with E-state index in [9.17, 15) is 4.79 Å². The van der Waals surface area contributed by atoms with Gasteiger partial charge in [-0.1, -0.05) is 60.2 Å². The van der Waals surface area contributed by atoms with Crippen LogP contribution in [0.5, 0.6) is 0 Å². The summed E-state index contributed by atoms with van der Waals surface area (Å²) in [5.41, 5.74) is 4.37. The van der Waals surface area contributed by atoms with Crippen LogP contribution in [-0.2, 0) is 0 Å². The quantitative estimate of drug-likeness (QED) is 0.473. The maximum Gasteiger partial charge on any atom is 0.265 e. The summed E-state index contributed by atoms with van der Waals surface area (Å²) in [6, 6.07) is 14.4. The third kappa shape index (κ3) is 2.76. The van der Waals surface area contributed by atoms with E-state index >= 15 is 0 Å². The van der Waals surface area contributed by atoms with Crippen molar-refractivity contribution in [1.29, 1.82) is 0 Å². The predicted octanol–water partition coefficient (Wildman–Crippen LogP) is 4.29. The summed E-state index contributed by atoms with van der Waals surface area (Å²) in [5.74, 6) is 7.20. The average Bonchev–Trinajstić information content (AvgIpc) is 3.00. The number of hydrogen-bond acceptors (Lipinski definition) is 4. The topological polar surface area (TPSA) is 67.8 Å². The van der Waals surface area contributed by atoms with Crippen LogP contribution in [-0.4, -0.2) is 22.4 Å². The van der Waals surface area contributed by atoms with E-state index in [-0.39, 0.29) is 10.4 Å². The van der Waals surface area contributed by atoms with Crippen LogP contribution in [0.1, 0.15) is 21.5 Å². The smallest absolute Gasteiger partial charge is 0.265 e. The molecule has 5 nitrogen and oxygen atoms in total. The molecule has 3 aliphatic rings. The molecule has 0 amide bonds. The van der Waals surface area contributed by atoms with Gasteiger partial charge in [-0.05, 0) is 18.2 Å². The fourth-order valence-corrected chi connectivity index (χ4v) is 3.79. The summed E-state index contributed by atoms with van der Waals surface area (Å²) in [5, 5.41) is 0.359. The number of hydrogen-bond donors (Lipinski definition) is 1. The van der Waals surface area contributed by atoms with Crippen LogP contribution in [0.3, 0.4) is 0 Å². The van der Waals surface area contributed by atoms with Crippen LogP contribution in [0.4, 0.5) is 0 Å². The van der Waals surface area contributed by atoms with Crippen molar-refractivity contribution in [2.45, 2.75) is 0 Å². The number of rotatable bonds is 4. The van der Waals surface area contributed by atoms with Crippen LogP contribution in [0.25, 0.3) is 0 Å². The van der Waals surface area contributed by atoms with Gasteiger partial charge in [0, 0.05) is 16.7 Å². The number of carbonyl (C=O) groups is 1. The molecule has 0 spiro atoms. The first-order valence-corrected chi connectivity index (χ1v) is 9.46. The van der Waals surface area contributed by atoms with E-state index in [0.717, 1.165) is 22.5 Å². The Morgan fingerprint density at radius 2 is 1.90 bits per heavy atom. The highest BCUT2D eigenvalue weighted by atomic mass is 35.5. The van der Waals surface area contributed by atoms with Crippen molar-refractivity contribution in [2.75, 3.05) is 0 Å². The minimum atomic E-state index is -0.124. The number of quaternary nitrogens is 1. The lowest BCUT2D eigenvalue weighted by molar-refractivity contribution is -0.750. The first-order chi connectivity index (χ1) is 14.1. The third-order valence-corrected chi connectivity index (χ3v) is 5.44. The molecule has 5 rings (SSSR count). The summed E-state index contributed by atoms with van der Waals surface area (Å²) in [6.07, 6.45) is 11.1. The van der Waals surface area contributed by atoms with Gasteiger partial charge in [-0.3, -0.25) is 9.79 Å². The molecule has 6 heteroatoms. The molecular weight excluding hydrogens is 384 g/mol. The zero-order valence-electron chi connectivity index (χ0n) is 15.3. The Balaban J connectivity index is 1.55. The number of allylic oxidation sites excluding steroid dienone is 4. The zero-order chi connectivity index (χ0) is 20.0. The Bertz CT molecular complexity index is 1230. The van der Waals surface area contributed by atoms with Crippen molar-refractivity contribution >= 4 is 29.4 Å². The number of carbonyl (C=O) groups excluding carboxylic acids is 1. The highest BCUT2D eigenvalue weighted by Gasteiger charge is 2.44. The molecule has 2 aromatic carbocycles. The molecule has 140 valence electrons. The standard InChI is InChI=1S/C23H16ClN4O/c24-19-13-17(9-10-18(19)22(29)16-5-2-1-3-6-16)23-27-21(15-7-4-8-15)20-14-26-11-12-28(20,23)25/h1-14H,25H2/q+1. The van der Waals surface area contributed by atoms with Crippen LogP contribution in [0.15, 0.2) is 106 Å². The highest BCUT2D eigenvalue weighted by molar-refractivity contribution is 6.35. The molecular formula is C23H16ClN4O+. The van der Waals surface area contributed by atoms with E-state index in [1.54, 1.807) is 42.9 Å².